The first-order chi connectivity index (χ1) is 8.97. The van der Waals surface area contributed by atoms with E-state index in [4.69, 9.17) is 11.5 Å². The lowest BCUT2D eigenvalue weighted by molar-refractivity contribution is 0.100. The van der Waals surface area contributed by atoms with Gasteiger partial charge in [0.25, 0.3) is 5.91 Å². The lowest BCUT2D eigenvalue weighted by Crippen LogP contribution is -2.15. The average molecular weight is 257 g/mol. The molecule has 0 radical (unpaired) electrons. The zero-order valence-electron chi connectivity index (χ0n) is 10.8. The lowest BCUT2D eigenvalue weighted by Gasteiger charge is -2.11. The summed E-state index contributed by atoms with van der Waals surface area (Å²) >= 11 is 0. The molecule has 98 valence electrons. The van der Waals surface area contributed by atoms with Crippen molar-refractivity contribution in [3.05, 3.63) is 41.3 Å². The Morgan fingerprint density at radius 1 is 1.32 bits per heavy atom. The molecule has 19 heavy (non-hydrogen) atoms. The summed E-state index contributed by atoms with van der Waals surface area (Å²) in [7, 11) is 0. The zero-order valence-corrected chi connectivity index (χ0v) is 10.8. The first-order valence-electron chi connectivity index (χ1n) is 5.74. The summed E-state index contributed by atoms with van der Waals surface area (Å²) in [5, 5.41) is 3.05. The number of rotatable bonds is 3. The molecule has 2 aromatic rings. The number of carbonyl (C=O) groups is 1. The number of nitrogens with zero attached hydrogens (tertiary/aromatic N) is 2. The van der Waals surface area contributed by atoms with E-state index < -0.39 is 5.91 Å². The number of nitrogens with one attached hydrogen (secondary N) is 1. The number of amides is 1. The van der Waals surface area contributed by atoms with E-state index in [1.165, 1.54) is 12.3 Å². The van der Waals surface area contributed by atoms with Crippen LogP contribution in [0.15, 0.2) is 24.4 Å². The molecule has 0 saturated carbocycles. The van der Waals surface area contributed by atoms with E-state index in [1.54, 1.807) is 0 Å². The van der Waals surface area contributed by atoms with Crippen LogP contribution in [-0.4, -0.2) is 15.9 Å². The topological polar surface area (TPSA) is 107 Å². The van der Waals surface area contributed by atoms with Crippen molar-refractivity contribution in [2.45, 2.75) is 13.8 Å². The minimum Gasteiger partial charge on any atom is -0.397 e. The summed E-state index contributed by atoms with van der Waals surface area (Å²) < 4.78 is 0. The zero-order chi connectivity index (χ0) is 14.0. The van der Waals surface area contributed by atoms with Crippen LogP contribution in [0.3, 0.4) is 0 Å². The van der Waals surface area contributed by atoms with Gasteiger partial charge >= 0.3 is 0 Å². The van der Waals surface area contributed by atoms with Crippen LogP contribution in [0.25, 0.3) is 0 Å². The molecule has 6 nitrogen and oxygen atoms in total. The Morgan fingerprint density at radius 3 is 2.68 bits per heavy atom. The summed E-state index contributed by atoms with van der Waals surface area (Å²) in [5.74, 6) is -0.213. The number of hydrogen-bond acceptors (Lipinski definition) is 5. The van der Waals surface area contributed by atoms with E-state index in [1.807, 2.05) is 26.0 Å². The molecule has 2 aromatic heterocycles. The van der Waals surface area contributed by atoms with Crippen molar-refractivity contribution in [1.82, 2.24) is 9.97 Å². The van der Waals surface area contributed by atoms with E-state index in [0.717, 1.165) is 17.1 Å². The minimum atomic E-state index is -0.583. The molecule has 0 aromatic carbocycles. The SMILES string of the molecule is Cc1ccc(Nc2ncc(N)cc2C(N)=O)c(C)n1. The van der Waals surface area contributed by atoms with Crippen LogP contribution in [0.1, 0.15) is 21.7 Å². The van der Waals surface area contributed by atoms with Gasteiger partial charge in [0.05, 0.1) is 28.8 Å². The van der Waals surface area contributed by atoms with Crippen molar-refractivity contribution >= 4 is 23.1 Å². The van der Waals surface area contributed by atoms with Gasteiger partial charge in [-0.2, -0.15) is 0 Å². The monoisotopic (exact) mass is 257 g/mol. The summed E-state index contributed by atoms with van der Waals surface area (Å²) in [6.45, 7) is 3.78. The number of aromatic nitrogens is 2. The van der Waals surface area contributed by atoms with Crippen molar-refractivity contribution in [2.24, 2.45) is 5.73 Å². The van der Waals surface area contributed by atoms with Gasteiger partial charge in [0, 0.05) is 5.69 Å². The molecule has 0 spiro atoms. The van der Waals surface area contributed by atoms with Crippen LogP contribution in [0.5, 0.6) is 0 Å². The van der Waals surface area contributed by atoms with E-state index in [2.05, 4.69) is 15.3 Å². The Labute approximate surface area is 110 Å². The van der Waals surface area contributed by atoms with Gasteiger partial charge in [-0.05, 0) is 32.0 Å². The predicted molar refractivity (Wildman–Crippen MR) is 74.2 cm³/mol. The van der Waals surface area contributed by atoms with Gasteiger partial charge in [0.15, 0.2) is 0 Å². The van der Waals surface area contributed by atoms with Gasteiger partial charge in [-0.25, -0.2) is 4.98 Å². The molecular weight excluding hydrogens is 242 g/mol. The molecule has 2 rings (SSSR count). The predicted octanol–water partition coefficient (Wildman–Crippen LogP) is 1.52. The number of carbonyl (C=O) groups excluding carboxylic acids is 1. The third-order valence-electron chi connectivity index (χ3n) is 2.65. The molecule has 2 heterocycles. The van der Waals surface area contributed by atoms with Gasteiger partial charge < -0.3 is 16.8 Å². The first-order valence-corrected chi connectivity index (χ1v) is 5.74. The smallest absolute Gasteiger partial charge is 0.252 e. The highest BCUT2D eigenvalue weighted by Crippen LogP contribution is 2.22. The van der Waals surface area contributed by atoms with Crippen LogP contribution < -0.4 is 16.8 Å². The highest BCUT2D eigenvalue weighted by atomic mass is 16.1. The number of hydrogen-bond donors (Lipinski definition) is 3. The Bertz CT molecular complexity index is 639. The van der Waals surface area contributed by atoms with Crippen molar-refractivity contribution in [1.29, 1.82) is 0 Å². The molecule has 0 aliphatic rings. The lowest BCUT2D eigenvalue weighted by atomic mass is 10.2. The van der Waals surface area contributed by atoms with Crippen LogP contribution in [0, 0.1) is 13.8 Å². The van der Waals surface area contributed by atoms with Crippen molar-refractivity contribution < 1.29 is 4.79 Å². The quantitative estimate of drug-likeness (QED) is 0.772. The summed E-state index contributed by atoms with van der Waals surface area (Å²) in [6.07, 6.45) is 1.46. The van der Waals surface area contributed by atoms with Gasteiger partial charge in [-0.15, -0.1) is 0 Å². The maximum Gasteiger partial charge on any atom is 0.252 e. The molecule has 0 atom stereocenters. The molecule has 1 amide bonds. The third-order valence-corrected chi connectivity index (χ3v) is 2.65. The maximum atomic E-state index is 11.4. The molecule has 0 unspecified atom stereocenters. The highest BCUT2D eigenvalue weighted by Gasteiger charge is 2.11. The fourth-order valence-electron chi connectivity index (χ4n) is 1.71. The Kier molecular flexibility index (Phi) is 3.33. The van der Waals surface area contributed by atoms with Crippen LogP contribution >= 0.6 is 0 Å². The van der Waals surface area contributed by atoms with Gasteiger partial charge in [0.2, 0.25) is 0 Å². The number of pyridine rings is 2. The molecule has 6 heteroatoms. The largest absolute Gasteiger partial charge is 0.397 e. The summed E-state index contributed by atoms with van der Waals surface area (Å²) in [4.78, 5) is 19.8. The Balaban J connectivity index is 2.40. The van der Waals surface area contributed by atoms with Gasteiger partial charge in [-0.1, -0.05) is 0 Å². The van der Waals surface area contributed by atoms with E-state index in [9.17, 15) is 4.79 Å². The van der Waals surface area contributed by atoms with E-state index in [0.29, 0.717) is 11.5 Å². The standard InChI is InChI=1S/C13H15N5O/c1-7-3-4-11(8(2)17-7)18-13-10(12(15)19)5-9(14)6-16-13/h3-6H,14H2,1-2H3,(H2,15,19)(H,16,18). The Hall–Kier alpha value is -2.63. The molecular formula is C13H15N5O. The van der Waals surface area contributed by atoms with E-state index >= 15 is 0 Å². The molecule has 0 aliphatic carbocycles. The number of anilines is 3. The van der Waals surface area contributed by atoms with Crippen LogP contribution in [0.4, 0.5) is 17.2 Å². The van der Waals surface area contributed by atoms with Crippen molar-refractivity contribution in [3.8, 4) is 0 Å². The van der Waals surface area contributed by atoms with Crippen LogP contribution in [0.2, 0.25) is 0 Å². The second-order valence-electron chi connectivity index (χ2n) is 4.24. The first kappa shape index (κ1) is 12.8. The van der Waals surface area contributed by atoms with Gasteiger partial charge in [0.1, 0.15) is 5.82 Å². The van der Waals surface area contributed by atoms with Crippen molar-refractivity contribution in [2.75, 3.05) is 11.1 Å². The van der Waals surface area contributed by atoms with E-state index in [-0.39, 0.29) is 5.56 Å². The molecule has 5 N–H and O–H groups in total. The molecule has 0 aliphatic heterocycles. The minimum absolute atomic E-state index is 0.250. The van der Waals surface area contributed by atoms with Crippen molar-refractivity contribution in [3.63, 3.8) is 0 Å². The summed E-state index contributed by atoms with van der Waals surface area (Å²) in [5.41, 5.74) is 14.0. The molecule has 0 saturated heterocycles. The number of nitrogen functional groups attached to an aromatic ring is 1. The number of aryl methyl sites for hydroxylation is 2. The maximum absolute atomic E-state index is 11.4. The fraction of sp³-hybridized carbons (Fsp3) is 0.154. The normalized spacial score (nSPS) is 10.2. The highest BCUT2D eigenvalue weighted by molar-refractivity contribution is 5.99. The van der Waals surface area contributed by atoms with Gasteiger partial charge in [-0.3, -0.25) is 9.78 Å². The third kappa shape index (κ3) is 2.79. The fourth-order valence-corrected chi connectivity index (χ4v) is 1.71. The molecule has 0 fully saturated rings. The number of primary amides is 1. The second-order valence-corrected chi connectivity index (χ2v) is 4.24. The Morgan fingerprint density at radius 2 is 2.05 bits per heavy atom. The second kappa shape index (κ2) is 4.93. The molecule has 0 bridgehead atoms. The van der Waals surface area contributed by atoms with Crippen LogP contribution in [-0.2, 0) is 0 Å². The number of nitrogens with two attached hydrogens (primary N) is 2. The average Bonchev–Trinajstić information content (AvgIpc) is 2.34. The summed E-state index contributed by atoms with van der Waals surface area (Å²) in [6, 6.07) is 5.24.